The highest BCUT2D eigenvalue weighted by Gasteiger charge is 2.26. The van der Waals surface area contributed by atoms with E-state index in [4.69, 9.17) is 4.74 Å². The van der Waals surface area contributed by atoms with Crippen LogP contribution in [0.4, 0.5) is 0 Å². The standard InChI is InChI=1S/C18H22N2O3S2/c1-2-17(15-6-4-3-5-7-15)24-18-9-8-16(14-19-18)25(21,22)20-10-12-23-13-11-20/h3-9,14,17H,2,10-13H2,1H3. The molecule has 2 aromatic rings. The average molecular weight is 379 g/mol. The maximum Gasteiger partial charge on any atom is 0.244 e. The van der Waals surface area contributed by atoms with Crippen LogP contribution in [0.2, 0.25) is 0 Å². The van der Waals surface area contributed by atoms with Gasteiger partial charge in [0.1, 0.15) is 4.90 Å². The van der Waals surface area contributed by atoms with Gasteiger partial charge in [-0.3, -0.25) is 0 Å². The van der Waals surface area contributed by atoms with Gasteiger partial charge >= 0.3 is 0 Å². The van der Waals surface area contributed by atoms with E-state index in [0.717, 1.165) is 11.4 Å². The second-order valence-electron chi connectivity index (χ2n) is 5.77. The van der Waals surface area contributed by atoms with Crippen LogP contribution in [0.25, 0.3) is 0 Å². The third-order valence-corrected chi connectivity index (χ3v) is 7.38. The van der Waals surface area contributed by atoms with E-state index in [1.165, 1.54) is 16.1 Å². The van der Waals surface area contributed by atoms with Crippen LogP contribution in [-0.4, -0.2) is 44.0 Å². The molecule has 0 bridgehead atoms. The number of rotatable bonds is 6. The summed E-state index contributed by atoms with van der Waals surface area (Å²) in [7, 11) is -3.48. The lowest BCUT2D eigenvalue weighted by Crippen LogP contribution is -2.40. The van der Waals surface area contributed by atoms with Crippen LogP contribution in [0.15, 0.2) is 58.6 Å². The third-order valence-electron chi connectivity index (χ3n) is 4.12. The van der Waals surface area contributed by atoms with Gasteiger partial charge in [0.15, 0.2) is 0 Å². The summed E-state index contributed by atoms with van der Waals surface area (Å²) < 4.78 is 31.9. The molecule has 1 aromatic carbocycles. The first kappa shape index (κ1) is 18.4. The number of hydrogen-bond donors (Lipinski definition) is 0. The van der Waals surface area contributed by atoms with Gasteiger partial charge in [0, 0.05) is 24.5 Å². The molecule has 0 spiro atoms. The Morgan fingerprint density at radius 2 is 1.88 bits per heavy atom. The molecular formula is C18H22N2O3S2. The van der Waals surface area contributed by atoms with Gasteiger partial charge in [-0.2, -0.15) is 4.31 Å². The van der Waals surface area contributed by atoms with Crippen molar-refractivity contribution in [2.24, 2.45) is 0 Å². The summed E-state index contributed by atoms with van der Waals surface area (Å²) in [5.41, 5.74) is 1.25. The molecule has 1 aliphatic heterocycles. The largest absolute Gasteiger partial charge is 0.379 e. The Labute approximate surface area is 153 Å². The number of benzene rings is 1. The lowest BCUT2D eigenvalue weighted by molar-refractivity contribution is 0.0730. The summed E-state index contributed by atoms with van der Waals surface area (Å²) >= 11 is 1.66. The number of hydrogen-bond acceptors (Lipinski definition) is 5. The molecule has 1 aliphatic rings. The zero-order chi connectivity index (χ0) is 17.7. The Morgan fingerprint density at radius 3 is 2.48 bits per heavy atom. The normalized spacial score (nSPS) is 17.3. The first-order valence-electron chi connectivity index (χ1n) is 8.37. The molecule has 0 aliphatic carbocycles. The van der Waals surface area contributed by atoms with Crippen molar-refractivity contribution < 1.29 is 13.2 Å². The van der Waals surface area contributed by atoms with Crippen molar-refractivity contribution in [2.75, 3.05) is 26.3 Å². The fourth-order valence-corrected chi connectivity index (χ4v) is 5.09. The Kier molecular flexibility index (Phi) is 6.11. The fourth-order valence-electron chi connectivity index (χ4n) is 2.73. The van der Waals surface area contributed by atoms with Gasteiger partial charge in [0.2, 0.25) is 10.0 Å². The molecule has 25 heavy (non-hydrogen) atoms. The van der Waals surface area contributed by atoms with E-state index in [1.54, 1.807) is 23.9 Å². The van der Waals surface area contributed by atoms with Crippen LogP contribution in [0.1, 0.15) is 24.2 Å². The van der Waals surface area contributed by atoms with Gasteiger partial charge in [-0.15, -0.1) is 0 Å². The molecule has 2 heterocycles. The molecule has 1 atom stereocenters. The molecule has 0 amide bonds. The van der Waals surface area contributed by atoms with Gasteiger partial charge in [0.25, 0.3) is 0 Å². The molecular weight excluding hydrogens is 356 g/mol. The monoisotopic (exact) mass is 378 g/mol. The highest BCUT2D eigenvalue weighted by Crippen LogP contribution is 2.36. The minimum atomic E-state index is -3.48. The van der Waals surface area contributed by atoms with Crippen LogP contribution in [0.3, 0.4) is 0 Å². The maximum atomic E-state index is 12.6. The van der Waals surface area contributed by atoms with Gasteiger partial charge < -0.3 is 4.74 Å². The summed E-state index contributed by atoms with van der Waals surface area (Å²) in [6.45, 7) is 3.81. The summed E-state index contributed by atoms with van der Waals surface area (Å²) in [5.74, 6) is 0. The summed E-state index contributed by atoms with van der Waals surface area (Å²) in [4.78, 5) is 4.62. The molecule has 7 heteroatoms. The fraction of sp³-hybridized carbons (Fsp3) is 0.389. The first-order chi connectivity index (χ1) is 12.1. The molecule has 1 aromatic heterocycles. The number of sulfonamides is 1. The molecule has 134 valence electrons. The van der Waals surface area contributed by atoms with Crippen LogP contribution >= 0.6 is 11.8 Å². The molecule has 1 unspecified atom stereocenters. The third kappa shape index (κ3) is 4.41. The Bertz CT molecular complexity index is 774. The van der Waals surface area contributed by atoms with Crippen molar-refractivity contribution in [3.05, 3.63) is 54.2 Å². The van der Waals surface area contributed by atoms with E-state index in [1.807, 2.05) is 18.2 Å². The van der Waals surface area contributed by atoms with Crippen molar-refractivity contribution in [1.82, 2.24) is 9.29 Å². The zero-order valence-electron chi connectivity index (χ0n) is 14.2. The van der Waals surface area contributed by atoms with E-state index >= 15 is 0 Å². The second-order valence-corrected chi connectivity index (χ2v) is 8.93. The smallest absolute Gasteiger partial charge is 0.244 e. The van der Waals surface area contributed by atoms with E-state index in [9.17, 15) is 8.42 Å². The van der Waals surface area contributed by atoms with Crippen LogP contribution in [0.5, 0.6) is 0 Å². The zero-order valence-corrected chi connectivity index (χ0v) is 15.8. The quantitative estimate of drug-likeness (QED) is 0.722. The molecule has 1 fully saturated rings. The number of morpholine rings is 1. The Balaban J connectivity index is 1.73. The summed E-state index contributed by atoms with van der Waals surface area (Å²) in [6.07, 6.45) is 2.44. The highest BCUT2D eigenvalue weighted by atomic mass is 32.2. The topological polar surface area (TPSA) is 59.5 Å². The SMILES string of the molecule is CCC(Sc1ccc(S(=O)(=O)N2CCOCC2)cn1)c1ccccc1. The maximum absolute atomic E-state index is 12.6. The minimum absolute atomic E-state index is 0.242. The second kappa shape index (κ2) is 8.31. The molecule has 3 rings (SSSR count). The van der Waals surface area contributed by atoms with Gasteiger partial charge in [-0.25, -0.2) is 13.4 Å². The highest BCUT2D eigenvalue weighted by molar-refractivity contribution is 7.99. The van der Waals surface area contributed by atoms with Crippen LogP contribution in [-0.2, 0) is 14.8 Å². The van der Waals surface area contributed by atoms with Gasteiger partial charge in [0.05, 0.1) is 18.2 Å². The van der Waals surface area contributed by atoms with Crippen molar-refractivity contribution in [2.45, 2.75) is 28.5 Å². The Morgan fingerprint density at radius 1 is 1.16 bits per heavy atom. The van der Waals surface area contributed by atoms with E-state index in [0.29, 0.717) is 31.6 Å². The lowest BCUT2D eigenvalue weighted by Gasteiger charge is -2.25. The number of pyridine rings is 1. The van der Waals surface area contributed by atoms with Gasteiger partial charge in [-0.05, 0) is 24.1 Å². The van der Waals surface area contributed by atoms with E-state index < -0.39 is 10.0 Å². The summed E-state index contributed by atoms with van der Waals surface area (Å²) in [5, 5.41) is 1.13. The number of nitrogens with zero attached hydrogens (tertiary/aromatic N) is 2. The van der Waals surface area contributed by atoms with E-state index in [-0.39, 0.29) is 4.90 Å². The number of thioether (sulfide) groups is 1. The van der Waals surface area contributed by atoms with Crippen molar-refractivity contribution in [3.8, 4) is 0 Å². The lowest BCUT2D eigenvalue weighted by atomic mass is 10.1. The van der Waals surface area contributed by atoms with Crippen LogP contribution in [0, 0.1) is 0 Å². The number of ether oxygens (including phenoxy) is 1. The Hall–Kier alpha value is -1.41. The first-order valence-corrected chi connectivity index (χ1v) is 10.7. The number of aromatic nitrogens is 1. The van der Waals surface area contributed by atoms with Crippen LogP contribution < -0.4 is 0 Å². The predicted octanol–water partition coefficient (Wildman–Crippen LogP) is 3.35. The van der Waals surface area contributed by atoms with E-state index in [2.05, 4.69) is 24.0 Å². The summed E-state index contributed by atoms with van der Waals surface area (Å²) in [6, 6.07) is 13.7. The predicted molar refractivity (Wildman–Crippen MR) is 99.1 cm³/mol. The molecule has 1 saturated heterocycles. The molecule has 5 nitrogen and oxygen atoms in total. The van der Waals surface area contributed by atoms with Gasteiger partial charge in [-0.1, -0.05) is 49.0 Å². The molecule has 0 radical (unpaired) electrons. The minimum Gasteiger partial charge on any atom is -0.379 e. The van der Waals surface area contributed by atoms with Crippen molar-refractivity contribution in [1.29, 1.82) is 0 Å². The molecule has 0 saturated carbocycles. The van der Waals surface area contributed by atoms with Crippen molar-refractivity contribution >= 4 is 21.8 Å². The molecule has 0 N–H and O–H groups in total. The average Bonchev–Trinajstić information content (AvgIpc) is 2.68. The van der Waals surface area contributed by atoms with Crippen molar-refractivity contribution in [3.63, 3.8) is 0 Å².